The van der Waals surface area contributed by atoms with Gasteiger partial charge in [-0.15, -0.1) is 11.3 Å². The molecule has 0 spiro atoms. The molecular formula is C19H26F2N4O2S. The van der Waals surface area contributed by atoms with Gasteiger partial charge in [-0.05, 0) is 31.5 Å². The van der Waals surface area contributed by atoms with Crippen LogP contribution in [0.25, 0.3) is 0 Å². The van der Waals surface area contributed by atoms with Gasteiger partial charge in [0.15, 0.2) is 5.96 Å². The first-order valence-corrected chi connectivity index (χ1v) is 9.94. The highest BCUT2D eigenvalue weighted by Gasteiger charge is 2.11. The van der Waals surface area contributed by atoms with E-state index in [-0.39, 0.29) is 12.3 Å². The van der Waals surface area contributed by atoms with Crippen molar-refractivity contribution >= 4 is 17.3 Å². The molecule has 1 aromatic heterocycles. The van der Waals surface area contributed by atoms with Crippen molar-refractivity contribution in [2.24, 2.45) is 4.99 Å². The van der Waals surface area contributed by atoms with Crippen LogP contribution in [0.5, 0.6) is 11.5 Å². The highest BCUT2D eigenvalue weighted by Crippen LogP contribution is 2.26. The molecule has 2 N–H and O–H groups in total. The third kappa shape index (κ3) is 6.95. The number of aliphatic imine (C=N–C) groups is 1. The van der Waals surface area contributed by atoms with Crippen LogP contribution in [-0.4, -0.2) is 37.8 Å². The molecular weight excluding hydrogens is 386 g/mol. The fraction of sp³-hybridized carbons (Fsp3) is 0.474. The summed E-state index contributed by atoms with van der Waals surface area (Å²) in [5, 5.41) is 7.46. The number of aryl methyl sites for hydroxylation is 1. The summed E-state index contributed by atoms with van der Waals surface area (Å²) in [7, 11) is 1.52. The van der Waals surface area contributed by atoms with E-state index in [1.54, 1.807) is 23.5 Å². The zero-order valence-corrected chi connectivity index (χ0v) is 17.1. The van der Waals surface area contributed by atoms with Crippen LogP contribution in [0.15, 0.2) is 29.4 Å². The van der Waals surface area contributed by atoms with E-state index in [2.05, 4.69) is 32.3 Å². The van der Waals surface area contributed by atoms with Crippen molar-refractivity contribution in [1.29, 1.82) is 0 Å². The van der Waals surface area contributed by atoms with Crippen molar-refractivity contribution in [1.82, 2.24) is 15.6 Å². The van der Waals surface area contributed by atoms with Crippen LogP contribution in [0.1, 0.15) is 29.3 Å². The molecule has 6 nitrogen and oxygen atoms in total. The Labute approximate surface area is 168 Å². The Hall–Kier alpha value is -2.42. The first kappa shape index (κ1) is 21.9. The predicted molar refractivity (Wildman–Crippen MR) is 108 cm³/mol. The van der Waals surface area contributed by atoms with E-state index in [1.165, 1.54) is 18.1 Å². The fourth-order valence-corrected chi connectivity index (χ4v) is 3.30. The highest BCUT2D eigenvalue weighted by atomic mass is 32.1. The number of nitrogens with one attached hydrogen (secondary N) is 2. The van der Waals surface area contributed by atoms with Crippen molar-refractivity contribution < 1.29 is 18.3 Å². The van der Waals surface area contributed by atoms with Gasteiger partial charge in [-0.25, -0.2) is 9.98 Å². The van der Waals surface area contributed by atoms with Crippen LogP contribution in [0, 0.1) is 0 Å². The molecule has 0 aliphatic carbocycles. The molecule has 0 bridgehead atoms. The van der Waals surface area contributed by atoms with Crippen LogP contribution in [0.3, 0.4) is 0 Å². The molecule has 2 rings (SSSR count). The largest absolute Gasteiger partial charge is 0.497 e. The van der Waals surface area contributed by atoms with E-state index in [4.69, 9.17) is 4.74 Å². The SMILES string of the molecule is CCNC(=NCc1cc(OC)ccc1OC(F)F)NCCc1ncc(CC)s1. The number of rotatable bonds is 10. The maximum absolute atomic E-state index is 12.6. The van der Waals surface area contributed by atoms with Crippen LogP contribution in [0.4, 0.5) is 8.78 Å². The van der Waals surface area contributed by atoms with E-state index in [1.807, 2.05) is 13.1 Å². The lowest BCUT2D eigenvalue weighted by atomic mass is 10.2. The highest BCUT2D eigenvalue weighted by molar-refractivity contribution is 7.11. The Balaban J connectivity index is 2.02. The molecule has 0 amide bonds. The monoisotopic (exact) mass is 412 g/mol. The van der Waals surface area contributed by atoms with E-state index in [9.17, 15) is 8.78 Å². The minimum absolute atomic E-state index is 0.0882. The first-order chi connectivity index (χ1) is 13.5. The molecule has 0 saturated heterocycles. The second-order valence-electron chi connectivity index (χ2n) is 5.80. The molecule has 0 saturated carbocycles. The average molecular weight is 413 g/mol. The van der Waals surface area contributed by atoms with E-state index in [0.717, 1.165) is 17.8 Å². The molecule has 1 heterocycles. The molecule has 1 aromatic carbocycles. The number of halogens is 2. The number of hydrogen-bond acceptors (Lipinski definition) is 5. The van der Waals surface area contributed by atoms with Gasteiger partial charge in [0.2, 0.25) is 0 Å². The number of guanidine groups is 1. The number of aromatic nitrogens is 1. The second-order valence-corrected chi connectivity index (χ2v) is 7.00. The quantitative estimate of drug-likeness (QED) is 0.461. The molecule has 28 heavy (non-hydrogen) atoms. The lowest BCUT2D eigenvalue weighted by Crippen LogP contribution is -2.38. The minimum Gasteiger partial charge on any atom is -0.497 e. The van der Waals surface area contributed by atoms with Crippen molar-refractivity contribution in [2.45, 2.75) is 39.8 Å². The number of hydrogen-bond donors (Lipinski definition) is 2. The van der Waals surface area contributed by atoms with Crippen molar-refractivity contribution in [3.63, 3.8) is 0 Å². The van der Waals surface area contributed by atoms with Gasteiger partial charge < -0.3 is 20.1 Å². The second kappa shape index (κ2) is 11.4. The molecule has 154 valence electrons. The van der Waals surface area contributed by atoms with Crippen LogP contribution in [-0.2, 0) is 19.4 Å². The Bertz CT molecular complexity index is 768. The summed E-state index contributed by atoms with van der Waals surface area (Å²) in [6, 6.07) is 4.68. The van der Waals surface area contributed by atoms with E-state index < -0.39 is 6.61 Å². The summed E-state index contributed by atoms with van der Waals surface area (Å²) < 4.78 is 35.0. The number of methoxy groups -OCH3 is 1. The van der Waals surface area contributed by atoms with Crippen LogP contribution < -0.4 is 20.1 Å². The molecule has 2 aromatic rings. The Morgan fingerprint density at radius 1 is 1.29 bits per heavy atom. The molecule has 0 aliphatic rings. The maximum atomic E-state index is 12.6. The Morgan fingerprint density at radius 2 is 2.11 bits per heavy atom. The summed E-state index contributed by atoms with van der Waals surface area (Å²) in [5.41, 5.74) is 0.518. The van der Waals surface area contributed by atoms with Gasteiger partial charge in [-0.1, -0.05) is 6.92 Å². The third-order valence-electron chi connectivity index (χ3n) is 3.82. The smallest absolute Gasteiger partial charge is 0.387 e. The number of thiazole rings is 1. The van der Waals surface area contributed by atoms with E-state index >= 15 is 0 Å². The van der Waals surface area contributed by atoms with Crippen molar-refractivity contribution in [3.8, 4) is 11.5 Å². The predicted octanol–water partition coefficient (Wildman–Crippen LogP) is 3.61. The number of alkyl halides is 2. The van der Waals surface area contributed by atoms with Gasteiger partial charge in [-0.3, -0.25) is 0 Å². The molecule has 0 unspecified atom stereocenters. The zero-order valence-electron chi connectivity index (χ0n) is 16.3. The molecule has 0 atom stereocenters. The summed E-state index contributed by atoms with van der Waals surface area (Å²) >= 11 is 1.71. The summed E-state index contributed by atoms with van der Waals surface area (Å²) in [5.74, 6) is 1.24. The minimum atomic E-state index is -2.89. The van der Waals surface area contributed by atoms with E-state index in [0.29, 0.717) is 30.4 Å². The first-order valence-electron chi connectivity index (χ1n) is 9.13. The normalized spacial score (nSPS) is 11.6. The van der Waals surface area contributed by atoms with Crippen LogP contribution >= 0.6 is 11.3 Å². The van der Waals surface area contributed by atoms with Gasteiger partial charge in [-0.2, -0.15) is 8.78 Å². The fourth-order valence-electron chi connectivity index (χ4n) is 2.44. The van der Waals surface area contributed by atoms with Crippen molar-refractivity contribution in [2.75, 3.05) is 20.2 Å². The molecule has 9 heteroatoms. The maximum Gasteiger partial charge on any atom is 0.387 e. The standard InChI is InChI=1S/C19H26F2N4O2S/c1-4-15-12-24-17(28-15)8-9-23-19(22-5-2)25-11-13-10-14(26-3)6-7-16(13)27-18(20)21/h6-7,10,12,18H,4-5,8-9,11H2,1-3H3,(H2,22,23,25). The topological polar surface area (TPSA) is 67.8 Å². The lowest BCUT2D eigenvalue weighted by molar-refractivity contribution is -0.0504. The number of nitrogens with zero attached hydrogens (tertiary/aromatic N) is 2. The molecule has 0 fully saturated rings. The van der Waals surface area contributed by atoms with Crippen LogP contribution in [0.2, 0.25) is 0 Å². The zero-order chi connectivity index (χ0) is 20.4. The summed E-state index contributed by atoms with van der Waals surface area (Å²) in [4.78, 5) is 10.1. The molecule has 0 aliphatic heterocycles. The Kier molecular flexibility index (Phi) is 8.93. The summed E-state index contributed by atoms with van der Waals surface area (Å²) in [6.45, 7) is 2.70. The summed E-state index contributed by atoms with van der Waals surface area (Å²) in [6.07, 6.45) is 3.68. The van der Waals surface area contributed by atoms with Gasteiger partial charge in [0, 0.05) is 36.1 Å². The number of benzene rings is 1. The Morgan fingerprint density at radius 3 is 2.75 bits per heavy atom. The lowest BCUT2D eigenvalue weighted by Gasteiger charge is -2.13. The molecule has 0 radical (unpaired) electrons. The van der Waals surface area contributed by atoms with Gasteiger partial charge >= 0.3 is 6.61 Å². The van der Waals surface area contributed by atoms with Crippen molar-refractivity contribution in [3.05, 3.63) is 39.8 Å². The van der Waals surface area contributed by atoms with Gasteiger partial charge in [0.25, 0.3) is 0 Å². The average Bonchev–Trinajstić information content (AvgIpc) is 3.14. The number of ether oxygens (including phenoxy) is 2. The third-order valence-corrected chi connectivity index (χ3v) is 5.02. The van der Waals surface area contributed by atoms with Gasteiger partial charge in [0.05, 0.1) is 18.7 Å². The van der Waals surface area contributed by atoms with Gasteiger partial charge in [0.1, 0.15) is 11.5 Å².